The maximum atomic E-state index is 13.6. The van der Waals surface area contributed by atoms with Gasteiger partial charge in [-0.25, -0.2) is 0 Å². The van der Waals surface area contributed by atoms with Gasteiger partial charge >= 0.3 is 6.18 Å². The summed E-state index contributed by atoms with van der Waals surface area (Å²) in [5.74, 6) is -1.36. The molecule has 3 aromatic carbocycles. The quantitative estimate of drug-likeness (QED) is 0.319. The molecule has 0 saturated heterocycles. The summed E-state index contributed by atoms with van der Waals surface area (Å²) in [6.07, 6.45) is -3.45. The number of rotatable bonds is 6. The molecule has 0 saturated carbocycles. The van der Waals surface area contributed by atoms with Crippen molar-refractivity contribution in [1.29, 1.82) is 0 Å². The van der Waals surface area contributed by atoms with Crippen molar-refractivity contribution in [3.8, 4) is 0 Å². The van der Waals surface area contributed by atoms with E-state index in [9.17, 15) is 22.8 Å². The molecule has 9 heteroatoms. The Morgan fingerprint density at radius 1 is 0.879 bits per heavy atom. The molecule has 0 aliphatic carbocycles. The highest BCUT2D eigenvalue weighted by Gasteiger charge is 2.34. The van der Waals surface area contributed by atoms with Crippen LogP contribution in [-0.4, -0.2) is 17.6 Å². The lowest BCUT2D eigenvalue weighted by molar-refractivity contribution is -0.136. The molecule has 0 aliphatic rings. The zero-order valence-electron chi connectivity index (χ0n) is 17.0. The minimum Gasteiger partial charge on any atom is -0.459 e. The van der Waals surface area contributed by atoms with Crippen LogP contribution in [0.15, 0.2) is 88.4 Å². The number of hydrogen-bond acceptors (Lipinski definition) is 4. The first kappa shape index (κ1) is 22.5. The van der Waals surface area contributed by atoms with E-state index in [1.54, 1.807) is 0 Å². The SMILES string of the molecule is O=C(CSc1ccc2ccccc2c1)Nc1ccc(NC(=O)c2ccco2)cc1C(F)(F)F. The van der Waals surface area contributed by atoms with E-state index in [0.29, 0.717) is 0 Å². The standard InChI is InChI=1S/C24H17F3N2O3S/c25-24(26,27)19-13-17(28-23(31)21-6-3-11-32-21)8-10-20(19)29-22(30)14-33-18-9-7-15-4-1-2-5-16(15)12-18/h1-13H,14H2,(H,28,31)(H,29,30). The molecule has 1 heterocycles. The third kappa shape index (κ3) is 5.56. The zero-order valence-corrected chi connectivity index (χ0v) is 17.8. The molecule has 4 aromatic rings. The molecule has 33 heavy (non-hydrogen) atoms. The van der Waals surface area contributed by atoms with Gasteiger partial charge in [0.15, 0.2) is 5.76 Å². The van der Waals surface area contributed by atoms with Gasteiger partial charge in [0.05, 0.1) is 23.3 Å². The van der Waals surface area contributed by atoms with Crippen molar-refractivity contribution in [1.82, 2.24) is 0 Å². The molecule has 0 fully saturated rings. The molecule has 0 radical (unpaired) electrons. The highest BCUT2D eigenvalue weighted by Crippen LogP contribution is 2.37. The van der Waals surface area contributed by atoms with Gasteiger partial charge in [-0.1, -0.05) is 30.3 Å². The van der Waals surface area contributed by atoms with Gasteiger partial charge in [-0.15, -0.1) is 11.8 Å². The maximum absolute atomic E-state index is 13.6. The van der Waals surface area contributed by atoms with Gasteiger partial charge in [-0.2, -0.15) is 13.2 Å². The van der Waals surface area contributed by atoms with Gasteiger partial charge in [-0.3, -0.25) is 9.59 Å². The van der Waals surface area contributed by atoms with Crippen molar-refractivity contribution >= 4 is 45.7 Å². The molecule has 0 unspecified atom stereocenters. The number of amides is 2. The maximum Gasteiger partial charge on any atom is 0.418 e. The van der Waals surface area contributed by atoms with E-state index in [0.717, 1.165) is 27.8 Å². The topological polar surface area (TPSA) is 71.3 Å². The number of furan rings is 1. The Labute approximate surface area is 191 Å². The molecule has 5 nitrogen and oxygen atoms in total. The number of fused-ring (bicyclic) bond motifs is 1. The summed E-state index contributed by atoms with van der Waals surface area (Å²) >= 11 is 1.23. The predicted molar refractivity (Wildman–Crippen MR) is 121 cm³/mol. The lowest BCUT2D eigenvalue weighted by Gasteiger charge is -2.15. The first-order valence-corrected chi connectivity index (χ1v) is 10.8. The van der Waals surface area contributed by atoms with Crippen molar-refractivity contribution in [2.75, 3.05) is 16.4 Å². The van der Waals surface area contributed by atoms with Crippen LogP contribution in [0.1, 0.15) is 16.1 Å². The Kier molecular flexibility index (Phi) is 6.41. The van der Waals surface area contributed by atoms with Crippen LogP contribution in [0.5, 0.6) is 0 Å². The summed E-state index contributed by atoms with van der Waals surface area (Å²) in [5, 5.41) is 6.74. The number of nitrogens with one attached hydrogen (secondary N) is 2. The third-order valence-corrected chi connectivity index (χ3v) is 5.69. The van der Waals surface area contributed by atoms with E-state index >= 15 is 0 Å². The largest absolute Gasteiger partial charge is 0.459 e. The number of thioether (sulfide) groups is 1. The number of halogens is 3. The summed E-state index contributed by atoms with van der Waals surface area (Å²) in [7, 11) is 0. The lowest BCUT2D eigenvalue weighted by atomic mass is 10.1. The van der Waals surface area contributed by atoms with Gasteiger partial charge in [0.25, 0.3) is 5.91 Å². The van der Waals surface area contributed by atoms with Crippen LogP contribution < -0.4 is 10.6 Å². The Bertz CT molecular complexity index is 1300. The van der Waals surface area contributed by atoms with Gasteiger partial charge in [-0.05, 0) is 53.2 Å². The summed E-state index contributed by atoms with van der Waals surface area (Å²) in [4.78, 5) is 25.2. The third-order valence-electron chi connectivity index (χ3n) is 4.69. The second-order valence-electron chi connectivity index (χ2n) is 7.04. The van der Waals surface area contributed by atoms with E-state index in [1.807, 2.05) is 42.5 Å². The van der Waals surface area contributed by atoms with Crippen molar-refractivity contribution in [3.05, 3.63) is 90.4 Å². The monoisotopic (exact) mass is 470 g/mol. The fraction of sp³-hybridized carbons (Fsp3) is 0.0833. The molecule has 2 N–H and O–H groups in total. The summed E-state index contributed by atoms with van der Waals surface area (Å²) in [6.45, 7) is 0. The number of carbonyl (C=O) groups excluding carboxylic acids is 2. The summed E-state index contributed by atoms with van der Waals surface area (Å²) in [5.41, 5.74) is -1.53. The van der Waals surface area contributed by atoms with Crippen molar-refractivity contribution in [3.63, 3.8) is 0 Å². The molecule has 1 aromatic heterocycles. The Balaban J connectivity index is 1.45. The van der Waals surface area contributed by atoms with Gasteiger partial charge in [0.2, 0.25) is 5.91 Å². The first-order chi connectivity index (χ1) is 15.8. The second-order valence-corrected chi connectivity index (χ2v) is 8.08. The Morgan fingerprint density at radius 2 is 1.67 bits per heavy atom. The normalized spacial score (nSPS) is 11.4. The average Bonchev–Trinajstić information content (AvgIpc) is 3.33. The number of alkyl halides is 3. The fourth-order valence-corrected chi connectivity index (χ4v) is 3.90. The van der Waals surface area contributed by atoms with Crippen LogP contribution >= 0.6 is 11.8 Å². The highest BCUT2D eigenvalue weighted by atomic mass is 32.2. The number of benzene rings is 3. The summed E-state index contributed by atoms with van der Waals surface area (Å²) in [6, 6.07) is 19.5. The number of carbonyl (C=O) groups is 2. The van der Waals surface area contributed by atoms with Gasteiger partial charge in [0, 0.05) is 10.6 Å². The van der Waals surface area contributed by atoms with Crippen molar-refractivity contribution < 1.29 is 27.2 Å². The van der Waals surface area contributed by atoms with Gasteiger partial charge in [0.1, 0.15) is 0 Å². The minimum atomic E-state index is -4.74. The van der Waals surface area contributed by atoms with E-state index in [-0.39, 0.29) is 22.9 Å². The van der Waals surface area contributed by atoms with Crippen molar-refractivity contribution in [2.24, 2.45) is 0 Å². The molecule has 0 spiro atoms. The lowest BCUT2D eigenvalue weighted by Crippen LogP contribution is -2.19. The molecule has 0 aliphatic heterocycles. The molecule has 0 bridgehead atoms. The second kappa shape index (κ2) is 9.41. The van der Waals surface area contributed by atoms with Crippen LogP contribution in [0.25, 0.3) is 10.8 Å². The predicted octanol–water partition coefficient (Wildman–Crippen LogP) is 6.43. The van der Waals surface area contributed by atoms with Crippen LogP contribution in [0.4, 0.5) is 24.5 Å². The van der Waals surface area contributed by atoms with E-state index < -0.39 is 23.6 Å². The van der Waals surface area contributed by atoms with E-state index in [4.69, 9.17) is 4.42 Å². The van der Waals surface area contributed by atoms with Crippen LogP contribution in [0.3, 0.4) is 0 Å². The summed E-state index contributed by atoms with van der Waals surface area (Å²) < 4.78 is 45.7. The Morgan fingerprint density at radius 3 is 2.39 bits per heavy atom. The van der Waals surface area contributed by atoms with E-state index in [1.165, 1.54) is 36.2 Å². The number of hydrogen-bond donors (Lipinski definition) is 2. The van der Waals surface area contributed by atoms with Crippen molar-refractivity contribution in [2.45, 2.75) is 11.1 Å². The minimum absolute atomic E-state index is 0.0355. The Hall–Kier alpha value is -3.72. The molecule has 4 rings (SSSR count). The fourth-order valence-electron chi connectivity index (χ4n) is 3.16. The van der Waals surface area contributed by atoms with E-state index in [2.05, 4.69) is 10.6 Å². The number of anilines is 2. The van der Waals surface area contributed by atoms with Crippen LogP contribution in [-0.2, 0) is 11.0 Å². The first-order valence-electron chi connectivity index (χ1n) is 9.77. The molecule has 0 atom stereocenters. The molecule has 2 amide bonds. The molecular formula is C24H17F3N2O3S. The smallest absolute Gasteiger partial charge is 0.418 e. The zero-order chi connectivity index (χ0) is 23.4. The molecule has 168 valence electrons. The van der Waals surface area contributed by atoms with Crippen LogP contribution in [0.2, 0.25) is 0 Å². The average molecular weight is 470 g/mol. The van der Waals surface area contributed by atoms with Crippen LogP contribution in [0, 0.1) is 0 Å². The van der Waals surface area contributed by atoms with Gasteiger partial charge < -0.3 is 15.1 Å². The highest BCUT2D eigenvalue weighted by molar-refractivity contribution is 8.00. The molecular weight excluding hydrogens is 453 g/mol.